The molecule has 0 aliphatic heterocycles. The Hall–Kier alpha value is -0.900. The molecule has 0 fully saturated rings. The Morgan fingerprint density at radius 1 is 1.89 bits per heavy atom. The largest absolute Gasteiger partial charge is 0.417 e. The Balaban J connectivity index is 2.84. The minimum Gasteiger partial charge on any atom is -0.415 e. The maximum absolute atomic E-state index is 10.3. The van der Waals surface area contributed by atoms with Crippen LogP contribution >= 0.6 is 11.8 Å². The summed E-state index contributed by atoms with van der Waals surface area (Å²) in [7, 11) is 0. The summed E-state index contributed by atoms with van der Waals surface area (Å²) in [6, 6.07) is 0. The van der Waals surface area contributed by atoms with Gasteiger partial charge in [-0.15, -0.1) is 0 Å². The number of oxazole rings is 1. The van der Waals surface area contributed by atoms with Crippen LogP contribution in [0.3, 0.4) is 0 Å². The number of aromatic amines is 1. The second-order valence-corrected chi connectivity index (χ2v) is 2.31. The zero-order valence-corrected chi connectivity index (χ0v) is 5.40. The lowest BCUT2D eigenvalue weighted by molar-refractivity contribution is 0.514. The normalized spacial score (nSPS) is 9.33. The monoisotopic (exact) mass is 143 g/mol. The van der Waals surface area contributed by atoms with E-state index in [9.17, 15) is 4.79 Å². The van der Waals surface area contributed by atoms with Crippen molar-refractivity contribution in [1.82, 2.24) is 4.98 Å². The van der Waals surface area contributed by atoms with E-state index in [2.05, 4.69) is 16.0 Å². The van der Waals surface area contributed by atoms with Crippen LogP contribution in [0.4, 0.5) is 0 Å². The molecule has 9 heavy (non-hydrogen) atoms. The van der Waals surface area contributed by atoms with Gasteiger partial charge in [-0.2, -0.15) is 0 Å². The lowest BCUT2D eigenvalue weighted by Gasteiger charge is -1.79. The third-order valence-corrected chi connectivity index (χ3v) is 1.33. The van der Waals surface area contributed by atoms with Gasteiger partial charge in [-0.25, -0.2) is 4.79 Å². The minimum absolute atomic E-state index is 0.431. The van der Waals surface area contributed by atoms with Crippen LogP contribution in [0.1, 0.15) is 0 Å². The van der Waals surface area contributed by atoms with Crippen molar-refractivity contribution in [1.29, 1.82) is 0 Å². The smallest absolute Gasteiger partial charge is 0.415 e. The fourth-order valence-electron chi connectivity index (χ4n) is 0.414. The maximum Gasteiger partial charge on any atom is 0.417 e. The van der Waals surface area contributed by atoms with Crippen LogP contribution in [0.25, 0.3) is 0 Å². The fourth-order valence-corrected chi connectivity index (χ4v) is 0.839. The average molecular weight is 143 g/mol. The van der Waals surface area contributed by atoms with Gasteiger partial charge < -0.3 is 4.42 Å². The number of aromatic nitrogens is 1. The van der Waals surface area contributed by atoms with E-state index in [0.29, 0.717) is 5.03 Å². The molecular weight excluding hydrogens is 138 g/mol. The minimum atomic E-state index is -0.431. The Morgan fingerprint density at radius 3 is 3.11 bits per heavy atom. The molecule has 0 aliphatic carbocycles. The number of H-pyrrole nitrogens is 1. The molecule has 0 saturated heterocycles. The van der Waals surface area contributed by atoms with Gasteiger partial charge in [-0.3, -0.25) is 4.98 Å². The van der Waals surface area contributed by atoms with E-state index in [-0.39, 0.29) is 0 Å². The second-order valence-electron chi connectivity index (χ2n) is 1.30. The van der Waals surface area contributed by atoms with Crippen molar-refractivity contribution in [2.75, 3.05) is 0 Å². The summed E-state index contributed by atoms with van der Waals surface area (Å²) in [5.41, 5.74) is 0. The third-order valence-electron chi connectivity index (χ3n) is 0.709. The van der Waals surface area contributed by atoms with E-state index < -0.39 is 5.76 Å². The Bertz CT molecular complexity index is 249. The molecule has 48 valence electrons. The van der Waals surface area contributed by atoms with Crippen molar-refractivity contribution in [3.05, 3.63) is 28.8 Å². The lowest BCUT2D eigenvalue weighted by Crippen LogP contribution is -1.93. The first-order valence-electron chi connectivity index (χ1n) is 2.28. The van der Waals surface area contributed by atoms with Crippen LogP contribution < -0.4 is 5.76 Å². The standard InChI is InChI=1S/C5H5NO2S/c1-2-9-4-3-8-5(7)6-4/h2-3H,1H2,(H,6,7). The van der Waals surface area contributed by atoms with Gasteiger partial charge in [0.25, 0.3) is 0 Å². The molecule has 0 aliphatic rings. The fraction of sp³-hybridized carbons (Fsp3) is 0. The molecule has 0 aromatic carbocycles. The molecule has 0 spiro atoms. The van der Waals surface area contributed by atoms with Gasteiger partial charge in [0.2, 0.25) is 0 Å². The van der Waals surface area contributed by atoms with Crippen molar-refractivity contribution >= 4 is 11.8 Å². The van der Waals surface area contributed by atoms with Crippen molar-refractivity contribution in [2.24, 2.45) is 0 Å². The van der Waals surface area contributed by atoms with Crippen LogP contribution in [0.15, 0.2) is 32.5 Å². The average Bonchev–Trinajstić information content (AvgIpc) is 2.17. The van der Waals surface area contributed by atoms with Crippen molar-refractivity contribution < 1.29 is 4.42 Å². The summed E-state index contributed by atoms with van der Waals surface area (Å²) in [5.74, 6) is -0.431. The van der Waals surface area contributed by atoms with E-state index in [0.717, 1.165) is 0 Å². The number of thioether (sulfide) groups is 1. The number of rotatable bonds is 2. The van der Waals surface area contributed by atoms with Gasteiger partial charge in [-0.1, -0.05) is 18.3 Å². The highest BCUT2D eigenvalue weighted by Gasteiger charge is 1.92. The lowest BCUT2D eigenvalue weighted by atomic mass is 11.0. The zero-order valence-electron chi connectivity index (χ0n) is 4.59. The summed E-state index contributed by atoms with van der Waals surface area (Å²) in [6.45, 7) is 3.46. The van der Waals surface area contributed by atoms with Crippen LogP contribution in [0.2, 0.25) is 0 Å². The van der Waals surface area contributed by atoms with Crippen LogP contribution in [-0.4, -0.2) is 4.98 Å². The maximum atomic E-state index is 10.3. The van der Waals surface area contributed by atoms with Gasteiger partial charge in [0.15, 0.2) is 0 Å². The topological polar surface area (TPSA) is 46.0 Å². The molecule has 1 aromatic heterocycles. The van der Waals surface area contributed by atoms with Gasteiger partial charge >= 0.3 is 5.76 Å². The molecule has 1 rings (SSSR count). The van der Waals surface area contributed by atoms with Crippen LogP contribution in [0.5, 0.6) is 0 Å². The predicted molar refractivity (Wildman–Crippen MR) is 35.4 cm³/mol. The molecule has 0 bridgehead atoms. The van der Waals surface area contributed by atoms with E-state index >= 15 is 0 Å². The van der Waals surface area contributed by atoms with Crippen molar-refractivity contribution in [3.63, 3.8) is 0 Å². The molecule has 0 atom stereocenters. The second kappa shape index (κ2) is 2.59. The van der Waals surface area contributed by atoms with Crippen molar-refractivity contribution in [3.8, 4) is 0 Å². The SMILES string of the molecule is C=CSc1coc(=O)[nH]1. The molecule has 1 heterocycles. The number of hydrogen-bond acceptors (Lipinski definition) is 3. The summed E-state index contributed by atoms with van der Waals surface area (Å²) in [6.07, 6.45) is 1.36. The first-order valence-corrected chi connectivity index (χ1v) is 3.16. The quantitative estimate of drug-likeness (QED) is 0.633. The zero-order chi connectivity index (χ0) is 6.69. The molecule has 0 saturated carbocycles. The molecule has 0 unspecified atom stereocenters. The van der Waals surface area contributed by atoms with Gasteiger partial charge in [0.05, 0.1) is 0 Å². The van der Waals surface area contributed by atoms with Crippen LogP contribution in [0, 0.1) is 0 Å². The first-order chi connectivity index (χ1) is 4.33. The van der Waals surface area contributed by atoms with E-state index in [1.165, 1.54) is 18.0 Å². The predicted octanol–water partition coefficient (Wildman–Crippen LogP) is 1.20. The summed E-state index contributed by atoms with van der Waals surface area (Å²) >= 11 is 1.31. The number of nitrogens with one attached hydrogen (secondary N) is 1. The molecular formula is C5H5NO2S. The molecule has 4 heteroatoms. The molecule has 3 nitrogen and oxygen atoms in total. The molecule has 1 N–H and O–H groups in total. The van der Waals surface area contributed by atoms with E-state index in [1.807, 2.05) is 0 Å². The Kier molecular flexibility index (Phi) is 1.79. The summed E-state index contributed by atoms with van der Waals surface area (Å²) in [5, 5.41) is 2.29. The van der Waals surface area contributed by atoms with Gasteiger partial charge in [-0.05, 0) is 5.41 Å². The van der Waals surface area contributed by atoms with Crippen LogP contribution in [-0.2, 0) is 0 Å². The Morgan fingerprint density at radius 2 is 2.67 bits per heavy atom. The van der Waals surface area contributed by atoms with E-state index in [1.54, 1.807) is 5.41 Å². The number of hydrogen-bond donors (Lipinski definition) is 1. The van der Waals surface area contributed by atoms with E-state index in [4.69, 9.17) is 0 Å². The molecule has 0 amide bonds. The molecule has 0 radical (unpaired) electrons. The van der Waals surface area contributed by atoms with Crippen molar-refractivity contribution in [2.45, 2.75) is 5.03 Å². The highest BCUT2D eigenvalue weighted by molar-refractivity contribution is 8.02. The highest BCUT2D eigenvalue weighted by Crippen LogP contribution is 2.12. The third kappa shape index (κ3) is 1.50. The Labute approximate surface area is 55.8 Å². The molecule has 1 aromatic rings. The summed E-state index contributed by atoms with van der Waals surface area (Å²) in [4.78, 5) is 12.7. The summed E-state index contributed by atoms with van der Waals surface area (Å²) < 4.78 is 4.44. The highest BCUT2D eigenvalue weighted by atomic mass is 32.2. The van der Waals surface area contributed by atoms with Gasteiger partial charge in [0, 0.05) is 0 Å². The van der Waals surface area contributed by atoms with Gasteiger partial charge in [0.1, 0.15) is 11.3 Å². The first kappa shape index (κ1) is 6.22.